The summed E-state index contributed by atoms with van der Waals surface area (Å²) in [5, 5.41) is 3.05. The summed E-state index contributed by atoms with van der Waals surface area (Å²) in [5.74, 6) is -0.831. The van der Waals surface area contributed by atoms with Gasteiger partial charge in [0, 0.05) is 23.1 Å². The van der Waals surface area contributed by atoms with E-state index in [4.69, 9.17) is 9.47 Å². The first-order valence-corrected chi connectivity index (χ1v) is 11.2. The molecule has 0 spiro atoms. The maximum atomic E-state index is 12.3. The molecule has 0 aliphatic carbocycles. The van der Waals surface area contributed by atoms with Gasteiger partial charge in [0.25, 0.3) is 0 Å². The summed E-state index contributed by atoms with van der Waals surface area (Å²) in [7, 11) is -3.78. The van der Waals surface area contributed by atoms with Gasteiger partial charge < -0.3 is 9.47 Å². The Morgan fingerprint density at radius 1 is 1.41 bits per heavy atom. The van der Waals surface area contributed by atoms with Gasteiger partial charge in [-0.25, -0.2) is 13.2 Å². The predicted octanol–water partition coefficient (Wildman–Crippen LogP) is 2.98. The van der Waals surface area contributed by atoms with Crippen molar-refractivity contribution >= 4 is 49.0 Å². The van der Waals surface area contributed by atoms with Crippen molar-refractivity contribution in [2.45, 2.75) is 31.1 Å². The van der Waals surface area contributed by atoms with Crippen LogP contribution in [0.15, 0.2) is 29.6 Å². The second-order valence-corrected chi connectivity index (χ2v) is 10.1. The molecular weight excluding hydrogens is 390 g/mol. The number of hydrogen-bond acceptors (Lipinski definition) is 7. The van der Waals surface area contributed by atoms with Gasteiger partial charge in [0.15, 0.2) is 14.6 Å². The van der Waals surface area contributed by atoms with Crippen LogP contribution in [0.1, 0.15) is 20.3 Å². The Hall–Kier alpha value is -2.13. The molecule has 2 atom stereocenters. The number of benzene rings is 1. The van der Waals surface area contributed by atoms with Crippen molar-refractivity contribution in [3.05, 3.63) is 29.6 Å². The average molecular weight is 412 g/mol. The van der Waals surface area contributed by atoms with E-state index in [1.165, 1.54) is 11.8 Å². The fourth-order valence-electron chi connectivity index (χ4n) is 3.05. The molecule has 9 heteroatoms. The molecule has 0 N–H and O–H groups in total. The number of carbonyl (C=O) groups is 2. The van der Waals surface area contributed by atoms with Gasteiger partial charge in [-0.05, 0) is 42.8 Å². The van der Waals surface area contributed by atoms with Crippen molar-refractivity contribution < 1.29 is 27.5 Å². The Morgan fingerprint density at radius 3 is 2.81 bits per heavy atom. The number of fused-ring (bicyclic) bond motifs is 1. The Labute approximate surface area is 161 Å². The van der Waals surface area contributed by atoms with Crippen LogP contribution in [0.3, 0.4) is 0 Å². The van der Waals surface area contributed by atoms with Gasteiger partial charge in [0.1, 0.15) is 6.10 Å². The van der Waals surface area contributed by atoms with E-state index < -0.39 is 32.8 Å². The highest BCUT2D eigenvalue weighted by Gasteiger charge is 2.49. The topological polar surface area (TPSA) is 90.0 Å². The Bertz CT molecular complexity index is 983. The number of esters is 1. The quantitative estimate of drug-likeness (QED) is 0.679. The lowest BCUT2D eigenvalue weighted by molar-refractivity contribution is -0.146. The van der Waals surface area contributed by atoms with Crippen LogP contribution in [0.4, 0.5) is 10.5 Å². The number of hydrogen-bond donors (Lipinski definition) is 0. The third kappa shape index (κ3) is 3.66. The lowest BCUT2D eigenvalue weighted by atomic mass is 10.0. The van der Waals surface area contributed by atoms with E-state index in [-0.39, 0.29) is 19.6 Å². The van der Waals surface area contributed by atoms with Crippen LogP contribution in [0.5, 0.6) is 0 Å². The first kappa shape index (κ1) is 19.6. The summed E-state index contributed by atoms with van der Waals surface area (Å²) in [6.45, 7) is 3.16. The number of sulfone groups is 1. The summed E-state index contributed by atoms with van der Waals surface area (Å²) in [6.07, 6.45) is -0.464. The van der Waals surface area contributed by atoms with Crippen LogP contribution in [-0.4, -0.2) is 50.7 Å². The molecule has 146 valence electrons. The number of ether oxygens (including phenoxy) is 2. The molecule has 1 aromatic carbocycles. The molecule has 3 rings (SSSR count). The normalized spacial score (nSPS) is 19.7. The second-order valence-electron chi connectivity index (χ2n) is 6.69. The molecule has 0 radical (unpaired) electrons. The number of rotatable bonds is 6. The van der Waals surface area contributed by atoms with Crippen LogP contribution in [-0.2, 0) is 24.1 Å². The van der Waals surface area contributed by atoms with Gasteiger partial charge in [-0.2, -0.15) is 0 Å². The number of thiophene rings is 1. The fourth-order valence-corrected chi connectivity index (χ4v) is 4.73. The van der Waals surface area contributed by atoms with Crippen molar-refractivity contribution in [2.75, 3.05) is 24.3 Å². The van der Waals surface area contributed by atoms with Crippen LogP contribution < -0.4 is 4.90 Å². The minimum absolute atomic E-state index is 0.0708. The zero-order chi connectivity index (χ0) is 19.8. The molecular formula is C18H21NO6S2. The van der Waals surface area contributed by atoms with E-state index in [9.17, 15) is 18.0 Å². The molecule has 1 saturated heterocycles. The third-order valence-electron chi connectivity index (χ3n) is 4.77. The molecule has 1 aliphatic rings. The van der Waals surface area contributed by atoms with Gasteiger partial charge >= 0.3 is 12.1 Å². The van der Waals surface area contributed by atoms with Gasteiger partial charge in [-0.15, -0.1) is 11.3 Å². The van der Waals surface area contributed by atoms with Crippen molar-refractivity contribution in [3.63, 3.8) is 0 Å². The highest BCUT2D eigenvalue weighted by atomic mass is 32.2. The van der Waals surface area contributed by atoms with Gasteiger partial charge in [-0.1, -0.05) is 6.07 Å². The highest BCUT2D eigenvalue weighted by molar-refractivity contribution is 7.92. The van der Waals surface area contributed by atoms with Crippen molar-refractivity contribution in [1.82, 2.24) is 0 Å². The summed E-state index contributed by atoms with van der Waals surface area (Å²) >= 11 is 1.57. The monoisotopic (exact) mass is 411 g/mol. The lowest BCUT2D eigenvalue weighted by Gasteiger charge is -2.27. The summed E-state index contributed by atoms with van der Waals surface area (Å²) in [4.78, 5) is 26.1. The first-order chi connectivity index (χ1) is 12.7. The maximum absolute atomic E-state index is 12.3. The fraction of sp³-hybridized carbons (Fsp3) is 0.444. The zero-order valence-electron chi connectivity index (χ0n) is 15.3. The van der Waals surface area contributed by atoms with Crippen LogP contribution in [0.2, 0.25) is 0 Å². The molecule has 0 unspecified atom stereocenters. The van der Waals surface area contributed by atoms with E-state index in [1.54, 1.807) is 18.3 Å². The minimum atomic E-state index is -3.78. The molecule has 2 aromatic rings. The molecule has 0 saturated carbocycles. The Morgan fingerprint density at radius 2 is 2.15 bits per heavy atom. The van der Waals surface area contributed by atoms with Crippen molar-refractivity contribution in [3.8, 4) is 0 Å². The number of carbonyl (C=O) groups excluding carboxylic acids is 2. The van der Waals surface area contributed by atoms with Crippen LogP contribution in [0.25, 0.3) is 10.1 Å². The van der Waals surface area contributed by atoms with E-state index in [0.29, 0.717) is 5.69 Å². The number of anilines is 1. The van der Waals surface area contributed by atoms with Crippen molar-refractivity contribution in [1.29, 1.82) is 0 Å². The SMILES string of the molecule is CCOC(=O)[C@@](C)(C[C@H]1CN(c2ccc3ccsc3c2)C(=O)O1)S(C)(=O)=O. The summed E-state index contributed by atoms with van der Waals surface area (Å²) < 4.78 is 34.1. The molecule has 27 heavy (non-hydrogen) atoms. The second kappa shape index (κ2) is 7.12. The van der Waals surface area contributed by atoms with E-state index in [2.05, 4.69) is 0 Å². The molecule has 1 amide bonds. The molecule has 1 aliphatic heterocycles. The molecule has 0 bridgehead atoms. The maximum Gasteiger partial charge on any atom is 0.414 e. The van der Waals surface area contributed by atoms with E-state index in [0.717, 1.165) is 16.3 Å². The molecule has 7 nitrogen and oxygen atoms in total. The van der Waals surface area contributed by atoms with Gasteiger partial charge in [-0.3, -0.25) is 9.69 Å². The van der Waals surface area contributed by atoms with Crippen LogP contribution in [0, 0.1) is 0 Å². The number of nitrogens with zero attached hydrogens (tertiary/aromatic N) is 1. The minimum Gasteiger partial charge on any atom is -0.465 e. The smallest absolute Gasteiger partial charge is 0.414 e. The van der Waals surface area contributed by atoms with Crippen molar-refractivity contribution in [2.24, 2.45) is 0 Å². The Balaban J connectivity index is 1.82. The highest BCUT2D eigenvalue weighted by Crippen LogP contribution is 2.32. The largest absolute Gasteiger partial charge is 0.465 e. The average Bonchev–Trinajstić information content (AvgIpc) is 3.19. The van der Waals surface area contributed by atoms with Gasteiger partial charge in [0.05, 0.1) is 13.2 Å². The first-order valence-electron chi connectivity index (χ1n) is 8.48. The van der Waals surface area contributed by atoms with E-state index >= 15 is 0 Å². The lowest BCUT2D eigenvalue weighted by Crippen LogP contribution is -2.47. The number of amides is 1. The molecule has 2 heterocycles. The predicted molar refractivity (Wildman–Crippen MR) is 104 cm³/mol. The molecule has 1 fully saturated rings. The number of cyclic esters (lactones) is 1. The third-order valence-corrected chi connectivity index (χ3v) is 7.62. The Kier molecular flexibility index (Phi) is 5.18. The summed E-state index contributed by atoms with van der Waals surface area (Å²) in [5.41, 5.74) is 0.676. The van der Waals surface area contributed by atoms with Gasteiger partial charge in [0.2, 0.25) is 0 Å². The standard InChI is InChI=1S/C18H21NO6S2/c1-4-24-16(20)18(2,27(3,22)23)10-14-11-19(17(21)25-14)13-6-5-12-7-8-26-15(12)9-13/h5-9,14H,4,10-11H2,1-3H3/t14-,18+/m0/s1. The summed E-state index contributed by atoms with van der Waals surface area (Å²) in [6, 6.07) is 7.62. The van der Waals surface area contributed by atoms with Crippen LogP contribution >= 0.6 is 11.3 Å². The molecule has 1 aromatic heterocycles. The van der Waals surface area contributed by atoms with E-state index in [1.807, 2.05) is 29.6 Å². The zero-order valence-corrected chi connectivity index (χ0v) is 16.9.